The van der Waals surface area contributed by atoms with E-state index in [2.05, 4.69) is 72.6 Å². The van der Waals surface area contributed by atoms with Gasteiger partial charge in [0.05, 0.1) is 13.1 Å². The standard InChI is InChI=1S/C19H23N3S/c1-15-8-9-16(2)18(12-15)20-19(23)22-11-10-21(14-22)13-17-6-4-3-5-7-17/h3-9,12H,10-11,13-14H2,1-2H3,(H,20,23)/p+1. The zero-order valence-electron chi connectivity index (χ0n) is 13.8. The highest BCUT2D eigenvalue weighted by Gasteiger charge is 2.25. The maximum atomic E-state index is 5.62. The van der Waals surface area contributed by atoms with Gasteiger partial charge in [0.2, 0.25) is 0 Å². The Balaban J connectivity index is 1.58. The van der Waals surface area contributed by atoms with Crippen LogP contribution in [0.5, 0.6) is 0 Å². The lowest BCUT2D eigenvalue weighted by Crippen LogP contribution is -3.09. The highest BCUT2D eigenvalue weighted by molar-refractivity contribution is 7.80. The first-order valence-corrected chi connectivity index (χ1v) is 8.53. The smallest absolute Gasteiger partial charge is 0.177 e. The van der Waals surface area contributed by atoms with E-state index in [0.717, 1.165) is 37.1 Å². The molecule has 1 aliphatic rings. The van der Waals surface area contributed by atoms with Crippen LogP contribution in [0.25, 0.3) is 0 Å². The van der Waals surface area contributed by atoms with Crippen molar-refractivity contribution in [1.29, 1.82) is 0 Å². The Labute approximate surface area is 143 Å². The molecule has 0 spiro atoms. The molecule has 1 atom stereocenters. The van der Waals surface area contributed by atoms with Crippen LogP contribution in [0.4, 0.5) is 5.69 Å². The van der Waals surface area contributed by atoms with Gasteiger partial charge in [-0.25, -0.2) is 0 Å². The summed E-state index contributed by atoms with van der Waals surface area (Å²) in [5, 5.41) is 4.26. The van der Waals surface area contributed by atoms with Crippen molar-refractivity contribution in [1.82, 2.24) is 4.90 Å². The van der Waals surface area contributed by atoms with Crippen LogP contribution in [-0.4, -0.2) is 29.8 Å². The molecule has 4 heteroatoms. The van der Waals surface area contributed by atoms with Crippen LogP contribution in [0.1, 0.15) is 16.7 Å². The van der Waals surface area contributed by atoms with Crippen molar-refractivity contribution in [2.24, 2.45) is 0 Å². The lowest BCUT2D eigenvalue weighted by atomic mass is 10.1. The van der Waals surface area contributed by atoms with Gasteiger partial charge in [-0.2, -0.15) is 0 Å². The number of rotatable bonds is 3. The van der Waals surface area contributed by atoms with Gasteiger partial charge >= 0.3 is 0 Å². The second kappa shape index (κ2) is 7.11. The molecule has 0 radical (unpaired) electrons. The summed E-state index contributed by atoms with van der Waals surface area (Å²) in [6.45, 7) is 8.38. The summed E-state index contributed by atoms with van der Waals surface area (Å²) >= 11 is 5.62. The van der Waals surface area contributed by atoms with Gasteiger partial charge < -0.3 is 10.2 Å². The number of thiocarbonyl (C=S) groups is 1. The minimum Gasteiger partial charge on any atom is -0.332 e. The molecule has 1 unspecified atom stereocenters. The highest BCUT2D eigenvalue weighted by atomic mass is 32.1. The predicted octanol–water partition coefficient (Wildman–Crippen LogP) is 2.36. The Bertz CT molecular complexity index is 684. The first-order valence-electron chi connectivity index (χ1n) is 8.12. The molecular weight excluding hydrogens is 302 g/mol. The molecule has 3 rings (SSSR count). The quantitative estimate of drug-likeness (QED) is 0.845. The van der Waals surface area contributed by atoms with Crippen LogP contribution in [0.2, 0.25) is 0 Å². The van der Waals surface area contributed by atoms with Crippen molar-refractivity contribution in [3.63, 3.8) is 0 Å². The molecule has 23 heavy (non-hydrogen) atoms. The van der Waals surface area contributed by atoms with Crippen molar-refractivity contribution >= 4 is 23.0 Å². The highest BCUT2D eigenvalue weighted by Crippen LogP contribution is 2.17. The number of nitrogens with zero attached hydrogens (tertiary/aromatic N) is 1. The number of hydrogen-bond acceptors (Lipinski definition) is 1. The zero-order valence-corrected chi connectivity index (χ0v) is 14.6. The van der Waals surface area contributed by atoms with E-state index in [1.807, 2.05) is 0 Å². The van der Waals surface area contributed by atoms with Crippen molar-refractivity contribution < 1.29 is 4.90 Å². The summed E-state index contributed by atoms with van der Waals surface area (Å²) in [7, 11) is 0. The van der Waals surface area contributed by atoms with Crippen LogP contribution >= 0.6 is 12.2 Å². The Hall–Kier alpha value is -1.91. The number of aryl methyl sites for hydroxylation is 2. The number of benzene rings is 2. The molecule has 1 heterocycles. The van der Waals surface area contributed by atoms with E-state index >= 15 is 0 Å². The van der Waals surface area contributed by atoms with Crippen LogP contribution in [-0.2, 0) is 6.54 Å². The fraction of sp³-hybridized carbons (Fsp3) is 0.316. The lowest BCUT2D eigenvalue weighted by Gasteiger charge is -2.20. The second-order valence-electron chi connectivity index (χ2n) is 6.33. The normalized spacial score (nSPS) is 17.3. The van der Waals surface area contributed by atoms with Gasteiger partial charge in [0.1, 0.15) is 6.54 Å². The minimum absolute atomic E-state index is 0.835. The molecule has 1 saturated heterocycles. The third kappa shape index (κ3) is 4.09. The summed E-state index contributed by atoms with van der Waals surface area (Å²) in [6, 6.07) is 17.1. The van der Waals surface area contributed by atoms with E-state index in [9.17, 15) is 0 Å². The van der Waals surface area contributed by atoms with Crippen molar-refractivity contribution in [3.05, 3.63) is 65.2 Å². The summed E-state index contributed by atoms with van der Waals surface area (Å²) in [5.41, 5.74) is 4.98. The van der Waals surface area contributed by atoms with Gasteiger partial charge in [-0.3, -0.25) is 4.90 Å². The number of nitrogens with one attached hydrogen (secondary N) is 2. The van der Waals surface area contributed by atoms with Crippen LogP contribution in [0.15, 0.2) is 48.5 Å². The summed E-state index contributed by atoms with van der Waals surface area (Å²) in [4.78, 5) is 3.83. The SMILES string of the molecule is Cc1ccc(C)c(NC(=S)N2CC[NH+](Cc3ccccc3)C2)c1. The van der Waals surface area contributed by atoms with E-state index in [-0.39, 0.29) is 0 Å². The Kier molecular flexibility index (Phi) is 4.94. The summed E-state index contributed by atoms with van der Waals surface area (Å²) in [5.74, 6) is 0. The monoisotopic (exact) mass is 326 g/mol. The Morgan fingerprint density at radius 2 is 1.96 bits per heavy atom. The van der Waals surface area contributed by atoms with Gasteiger partial charge in [-0.15, -0.1) is 0 Å². The topological polar surface area (TPSA) is 19.7 Å². The van der Waals surface area contributed by atoms with Crippen LogP contribution in [0, 0.1) is 13.8 Å². The van der Waals surface area contributed by atoms with Gasteiger partial charge in [-0.1, -0.05) is 42.5 Å². The third-order valence-corrected chi connectivity index (χ3v) is 4.73. The van der Waals surface area contributed by atoms with Gasteiger partial charge in [-0.05, 0) is 43.3 Å². The average Bonchev–Trinajstić information content (AvgIpc) is 3.00. The molecule has 2 N–H and O–H groups in total. The zero-order chi connectivity index (χ0) is 16.2. The molecule has 0 amide bonds. The molecule has 1 aliphatic heterocycles. The fourth-order valence-corrected chi connectivity index (χ4v) is 3.25. The summed E-state index contributed by atoms with van der Waals surface area (Å²) < 4.78 is 0. The minimum atomic E-state index is 0.835. The molecule has 0 aliphatic carbocycles. The van der Waals surface area contributed by atoms with Crippen LogP contribution in [0.3, 0.4) is 0 Å². The van der Waals surface area contributed by atoms with Crippen molar-refractivity contribution in [2.75, 3.05) is 25.1 Å². The second-order valence-corrected chi connectivity index (χ2v) is 6.72. The molecule has 120 valence electrons. The van der Waals surface area contributed by atoms with E-state index in [4.69, 9.17) is 12.2 Å². The number of quaternary nitrogens is 1. The molecule has 2 aromatic rings. The van der Waals surface area contributed by atoms with Gasteiger partial charge in [0.15, 0.2) is 11.8 Å². The lowest BCUT2D eigenvalue weighted by molar-refractivity contribution is -0.904. The Morgan fingerprint density at radius 3 is 2.74 bits per heavy atom. The molecule has 1 fully saturated rings. The van der Waals surface area contributed by atoms with E-state index < -0.39 is 0 Å². The van der Waals surface area contributed by atoms with E-state index in [1.54, 1.807) is 4.90 Å². The van der Waals surface area contributed by atoms with E-state index in [0.29, 0.717) is 0 Å². The third-order valence-electron chi connectivity index (χ3n) is 4.37. The fourth-order valence-electron chi connectivity index (χ4n) is 2.99. The maximum Gasteiger partial charge on any atom is 0.177 e. The van der Waals surface area contributed by atoms with Gasteiger partial charge in [0, 0.05) is 11.3 Å². The van der Waals surface area contributed by atoms with Crippen LogP contribution < -0.4 is 10.2 Å². The van der Waals surface area contributed by atoms with E-state index in [1.165, 1.54) is 16.7 Å². The maximum absolute atomic E-state index is 5.62. The molecule has 0 bridgehead atoms. The summed E-state index contributed by atoms with van der Waals surface area (Å²) in [6.07, 6.45) is 0. The first kappa shape index (κ1) is 16.0. The Morgan fingerprint density at radius 1 is 1.17 bits per heavy atom. The van der Waals surface area contributed by atoms with Gasteiger partial charge in [0.25, 0.3) is 0 Å². The molecule has 3 nitrogen and oxygen atoms in total. The first-order chi connectivity index (χ1) is 11.1. The molecule has 0 saturated carbocycles. The molecule has 2 aromatic carbocycles. The average molecular weight is 326 g/mol. The predicted molar refractivity (Wildman–Crippen MR) is 99.7 cm³/mol. The van der Waals surface area contributed by atoms with Crippen molar-refractivity contribution in [3.8, 4) is 0 Å². The largest absolute Gasteiger partial charge is 0.332 e. The number of anilines is 1. The molecular formula is C19H24N3S+. The number of hydrogen-bond donors (Lipinski definition) is 2. The van der Waals surface area contributed by atoms with Crippen molar-refractivity contribution in [2.45, 2.75) is 20.4 Å². The molecule has 0 aromatic heterocycles.